The second kappa shape index (κ2) is 6.50. The Morgan fingerprint density at radius 3 is 2.67 bits per heavy atom. The molecule has 122 valence electrons. The maximum absolute atomic E-state index is 10.8. The Morgan fingerprint density at radius 2 is 2.05 bits per heavy atom. The average molecular weight is 299 g/mol. The molecule has 2 heterocycles. The predicted octanol–water partition coefficient (Wildman–Crippen LogP) is 0.590. The lowest BCUT2D eigenvalue weighted by molar-refractivity contribution is -0.128. The number of nitrogens with zero attached hydrogens (tertiary/aromatic N) is 2. The zero-order valence-electron chi connectivity index (χ0n) is 13.5. The van der Waals surface area contributed by atoms with Gasteiger partial charge in [-0.15, -0.1) is 0 Å². The average Bonchev–Trinajstić information content (AvgIpc) is 2.45. The molecule has 0 amide bonds. The lowest BCUT2D eigenvalue weighted by Crippen LogP contribution is -2.51. The summed E-state index contributed by atoms with van der Waals surface area (Å²) < 4.78 is 10.9. The molecule has 1 unspecified atom stereocenters. The molecule has 6 heteroatoms. The highest BCUT2D eigenvalue weighted by molar-refractivity contribution is 5.78. The van der Waals surface area contributed by atoms with Crippen molar-refractivity contribution in [3.63, 3.8) is 0 Å². The van der Waals surface area contributed by atoms with E-state index in [1.165, 1.54) is 0 Å². The van der Waals surface area contributed by atoms with Crippen LogP contribution in [0.5, 0.6) is 0 Å². The van der Waals surface area contributed by atoms with Crippen molar-refractivity contribution < 1.29 is 14.6 Å². The molecule has 0 saturated carbocycles. The summed E-state index contributed by atoms with van der Waals surface area (Å²) in [7, 11) is 0. The highest BCUT2D eigenvalue weighted by Crippen LogP contribution is 2.38. The molecule has 2 aliphatic rings. The van der Waals surface area contributed by atoms with E-state index in [-0.39, 0.29) is 11.5 Å². The summed E-state index contributed by atoms with van der Waals surface area (Å²) in [6.45, 7) is 10.1. The van der Waals surface area contributed by atoms with E-state index in [0.29, 0.717) is 45.2 Å². The van der Waals surface area contributed by atoms with E-state index >= 15 is 0 Å². The molecule has 2 saturated heterocycles. The number of nitrogens with two attached hydrogens (primary N) is 1. The van der Waals surface area contributed by atoms with E-state index in [1.807, 2.05) is 6.92 Å². The smallest absolute Gasteiger partial charge is 0.191 e. The first-order valence-corrected chi connectivity index (χ1v) is 7.81. The van der Waals surface area contributed by atoms with Crippen molar-refractivity contribution in [3.8, 4) is 0 Å². The molecule has 3 N–H and O–H groups in total. The molecular weight excluding hydrogens is 270 g/mol. The molecule has 21 heavy (non-hydrogen) atoms. The van der Waals surface area contributed by atoms with Gasteiger partial charge >= 0.3 is 0 Å². The molecule has 6 nitrogen and oxygen atoms in total. The molecule has 1 atom stereocenters. The molecule has 2 fully saturated rings. The zero-order valence-corrected chi connectivity index (χ0v) is 13.5. The molecule has 0 spiro atoms. The van der Waals surface area contributed by atoms with Crippen LogP contribution in [-0.2, 0) is 9.47 Å². The minimum absolute atomic E-state index is 0.181. The van der Waals surface area contributed by atoms with Gasteiger partial charge in [0.1, 0.15) is 0 Å². The Morgan fingerprint density at radius 1 is 1.38 bits per heavy atom. The van der Waals surface area contributed by atoms with Crippen molar-refractivity contribution in [1.29, 1.82) is 0 Å². The third-order valence-electron chi connectivity index (χ3n) is 4.78. The lowest BCUT2D eigenvalue weighted by Gasteiger charge is -2.44. The number of rotatable bonds is 3. The maximum atomic E-state index is 10.8. The summed E-state index contributed by atoms with van der Waals surface area (Å²) in [5.74, 6) is 0.550. The van der Waals surface area contributed by atoms with E-state index in [4.69, 9.17) is 15.2 Å². The van der Waals surface area contributed by atoms with Crippen LogP contribution in [0.1, 0.15) is 33.6 Å². The molecule has 0 aliphatic carbocycles. The van der Waals surface area contributed by atoms with Crippen molar-refractivity contribution >= 4 is 5.96 Å². The quantitative estimate of drug-likeness (QED) is 0.589. The maximum Gasteiger partial charge on any atom is 0.191 e. The van der Waals surface area contributed by atoms with Crippen LogP contribution in [0.2, 0.25) is 0 Å². The normalized spacial score (nSPS) is 27.7. The van der Waals surface area contributed by atoms with Gasteiger partial charge in [0.25, 0.3) is 0 Å². The van der Waals surface area contributed by atoms with Crippen LogP contribution in [0.15, 0.2) is 4.99 Å². The van der Waals surface area contributed by atoms with Gasteiger partial charge in [0, 0.05) is 44.6 Å². The molecule has 2 rings (SSSR count). The van der Waals surface area contributed by atoms with Crippen LogP contribution in [0, 0.1) is 5.41 Å². The Balaban J connectivity index is 1.97. The highest BCUT2D eigenvalue weighted by atomic mass is 16.5. The Labute approximate surface area is 127 Å². The monoisotopic (exact) mass is 299 g/mol. The number of hydrogen-bond donors (Lipinski definition) is 2. The second-order valence-electron chi connectivity index (χ2n) is 6.83. The fraction of sp³-hybridized carbons (Fsp3) is 0.933. The Bertz CT molecular complexity index is 378. The SMILES string of the molecule is CC1CN(C(N)=NCC(C)(C)C2(O)CCOCC2)CCO1. The molecule has 2 aliphatic heterocycles. The minimum Gasteiger partial charge on any atom is -0.389 e. The first-order chi connectivity index (χ1) is 9.84. The van der Waals surface area contributed by atoms with Crippen molar-refractivity contribution in [2.45, 2.75) is 45.3 Å². The molecule has 0 aromatic heterocycles. The van der Waals surface area contributed by atoms with Crippen LogP contribution in [0.3, 0.4) is 0 Å². The molecule has 0 aromatic rings. The first-order valence-electron chi connectivity index (χ1n) is 7.81. The molecule has 0 radical (unpaired) electrons. The molecule has 0 aromatic carbocycles. The van der Waals surface area contributed by atoms with Crippen molar-refractivity contribution in [3.05, 3.63) is 0 Å². The van der Waals surface area contributed by atoms with Gasteiger partial charge in [0.05, 0.1) is 24.9 Å². The fourth-order valence-electron chi connectivity index (χ4n) is 2.94. The number of aliphatic hydroxyl groups is 1. The van der Waals surface area contributed by atoms with Crippen LogP contribution < -0.4 is 5.73 Å². The third kappa shape index (κ3) is 3.87. The minimum atomic E-state index is -0.729. The fourth-order valence-corrected chi connectivity index (χ4v) is 2.94. The lowest BCUT2D eigenvalue weighted by atomic mass is 9.70. The highest BCUT2D eigenvalue weighted by Gasteiger charge is 2.44. The summed E-state index contributed by atoms with van der Waals surface area (Å²) in [6, 6.07) is 0. The molecular formula is C15H29N3O3. The van der Waals surface area contributed by atoms with Crippen molar-refractivity contribution in [1.82, 2.24) is 4.90 Å². The standard InChI is InChI=1S/C15H29N3O3/c1-12-10-18(6-9-21-12)13(16)17-11-14(2,3)15(19)4-7-20-8-5-15/h12,19H,4-11H2,1-3H3,(H2,16,17). The van der Waals surface area contributed by atoms with Gasteiger partial charge in [-0.3, -0.25) is 4.99 Å². The number of ether oxygens (including phenoxy) is 2. The Kier molecular flexibility index (Phi) is 5.11. The van der Waals surface area contributed by atoms with Gasteiger partial charge < -0.3 is 25.2 Å². The van der Waals surface area contributed by atoms with E-state index in [2.05, 4.69) is 23.7 Å². The largest absolute Gasteiger partial charge is 0.389 e. The number of morpholine rings is 1. The number of aliphatic imine (C=N–C) groups is 1. The predicted molar refractivity (Wildman–Crippen MR) is 82.3 cm³/mol. The van der Waals surface area contributed by atoms with Crippen LogP contribution in [0.25, 0.3) is 0 Å². The summed E-state index contributed by atoms with van der Waals surface area (Å²) in [4.78, 5) is 6.59. The molecule has 0 bridgehead atoms. The number of hydrogen-bond acceptors (Lipinski definition) is 4. The van der Waals surface area contributed by atoms with Crippen LogP contribution >= 0.6 is 0 Å². The summed E-state index contributed by atoms with van der Waals surface area (Å²) in [5, 5.41) is 10.8. The van der Waals surface area contributed by atoms with Gasteiger partial charge in [-0.2, -0.15) is 0 Å². The van der Waals surface area contributed by atoms with Crippen LogP contribution in [0.4, 0.5) is 0 Å². The van der Waals surface area contributed by atoms with Crippen LogP contribution in [-0.4, -0.2) is 67.1 Å². The van der Waals surface area contributed by atoms with Gasteiger partial charge in [-0.1, -0.05) is 13.8 Å². The van der Waals surface area contributed by atoms with Gasteiger partial charge in [0.15, 0.2) is 5.96 Å². The summed E-state index contributed by atoms with van der Waals surface area (Å²) >= 11 is 0. The summed E-state index contributed by atoms with van der Waals surface area (Å²) in [5.41, 5.74) is 5.06. The van der Waals surface area contributed by atoms with Crippen molar-refractivity contribution in [2.75, 3.05) is 39.5 Å². The number of guanidine groups is 1. The second-order valence-corrected chi connectivity index (χ2v) is 6.83. The van der Waals surface area contributed by atoms with E-state index in [9.17, 15) is 5.11 Å². The van der Waals surface area contributed by atoms with Gasteiger partial charge in [-0.25, -0.2) is 0 Å². The van der Waals surface area contributed by atoms with E-state index in [0.717, 1.165) is 13.1 Å². The topological polar surface area (TPSA) is 80.3 Å². The zero-order chi connectivity index (χ0) is 15.5. The Hall–Kier alpha value is -0.850. The van der Waals surface area contributed by atoms with E-state index in [1.54, 1.807) is 0 Å². The van der Waals surface area contributed by atoms with Gasteiger partial charge in [0.2, 0.25) is 0 Å². The van der Waals surface area contributed by atoms with Gasteiger partial charge in [-0.05, 0) is 6.92 Å². The third-order valence-corrected chi connectivity index (χ3v) is 4.78. The van der Waals surface area contributed by atoms with Crippen molar-refractivity contribution in [2.24, 2.45) is 16.1 Å². The summed E-state index contributed by atoms with van der Waals surface area (Å²) in [6.07, 6.45) is 1.49. The first kappa shape index (κ1) is 16.5. The van der Waals surface area contributed by atoms with E-state index < -0.39 is 5.60 Å².